The minimum absolute atomic E-state index is 0.913. The quantitative estimate of drug-likeness (QED) is 0.496. The Balaban J connectivity index is 2.28. The van der Waals surface area contributed by atoms with Crippen molar-refractivity contribution in [2.75, 3.05) is 0 Å². The molecule has 88 valence electrons. The molecular formula is C15H13N3. The van der Waals surface area contributed by atoms with E-state index in [0.717, 1.165) is 22.3 Å². The molecule has 0 aliphatic rings. The molecule has 0 bridgehead atoms. The van der Waals surface area contributed by atoms with Crippen LogP contribution >= 0.6 is 0 Å². The Hall–Kier alpha value is -2.29. The Morgan fingerprint density at radius 3 is 2.61 bits per heavy atom. The van der Waals surface area contributed by atoms with Crippen LogP contribution in [0.1, 0.15) is 11.1 Å². The number of aromatic amines is 1. The molecule has 0 aliphatic heterocycles. The lowest BCUT2D eigenvalue weighted by Gasteiger charge is -1.97. The number of H-pyrrole nitrogens is 1. The summed E-state index contributed by atoms with van der Waals surface area (Å²) in [7, 11) is 0. The van der Waals surface area contributed by atoms with Gasteiger partial charge in [-0.05, 0) is 49.2 Å². The van der Waals surface area contributed by atoms with Gasteiger partial charge in [0.1, 0.15) is 0 Å². The van der Waals surface area contributed by atoms with Crippen molar-refractivity contribution >= 4 is 27.8 Å². The lowest BCUT2D eigenvalue weighted by atomic mass is 10.2. The molecule has 2 heterocycles. The third-order valence-electron chi connectivity index (χ3n) is 3.45. The van der Waals surface area contributed by atoms with Crippen LogP contribution in [-0.4, -0.2) is 14.4 Å². The minimum atomic E-state index is 0.913. The van der Waals surface area contributed by atoms with Crippen LogP contribution in [0.5, 0.6) is 0 Å². The van der Waals surface area contributed by atoms with E-state index in [2.05, 4.69) is 64.6 Å². The first-order valence-corrected chi connectivity index (χ1v) is 6.09. The smallest absolute Gasteiger partial charge is 0.213 e. The first-order valence-electron chi connectivity index (χ1n) is 6.09. The number of aryl methyl sites for hydroxylation is 2. The predicted octanol–water partition coefficient (Wildman–Crippen LogP) is 3.59. The molecule has 2 aromatic heterocycles. The number of nitrogens with zero attached hydrogens (tertiary/aromatic N) is 2. The summed E-state index contributed by atoms with van der Waals surface area (Å²) in [5, 5.41) is 0. The minimum Gasteiger partial charge on any atom is -0.323 e. The maximum absolute atomic E-state index is 4.65. The molecule has 18 heavy (non-hydrogen) atoms. The van der Waals surface area contributed by atoms with E-state index in [1.54, 1.807) is 0 Å². The number of fused-ring (bicyclic) bond motifs is 5. The highest BCUT2D eigenvalue weighted by atomic mass is 15.1. The topological polar surface area (TPSA) is 33.1 Å². The molecule has 0 saturated heterocycles. The van der Waals surface area contributed by atoms with Gasteiger partial charge in [-0.25, -0.2) is 4.98 Å². The van der Waals surface area contributed by atoms with E-state index in [1.807, 2.05) is 0 Å². The lowest BCUT2D eigenvalue weighted by molar-refractivity contribution is 1.27. The van der Waals surface area contributed by atoms with Crippen molar-refractivity contribution in [3.63, 3.8) is 0 Å². The highest BCUT2D eigenvalue weighted by molar-refractivity contribution is 5.90. The van der Waals surface area contributed by atoms with Crippen molar-refractivity contribution in [1.29, 1.82) is 0 Å². The van der Waals surface area contributed by atoms with E-state index >= 15 is 0 Å². The van der Waals surface area contributed by atoms with Gasteiger partial charge in [0.15, 0.2) is 0 Å². The van der Waals surface area contributed by atoms with Crippen LogP contribution in [0.3, 0.4) is 0 Å². The number of imidazole rings is 2. The maximum atomic E-state index is 4.65. The largest absolute Gasteiger partial charge is 0.323 e. The molecule has 3 nitrogen and oxygen atoms in total. The van der Waals surface area contributed by atoms with Gasteiger partial charge in [-0.15, -0.1) is 0 Å². The number of hydrogen-bond acceptors (Lipinski definition) is 1. The summed E-state index contributed by atoms with van der Waals surface area (Å²) in [6.07, 6.45) is 0. The van der Waals surface area contributed by atoms with E-state index in [-0.39, 0.29) is 0 Å². The molecule has 4 rings (SSSR count). The van der Waals surface area contributed by atoms with E-state index in [9.17, 15) is 0 Å². The molecule has 2 aromatic carbocycles. The fourth-order valence-corrected chi connectivity index (χ4v) is 2.57. The number of hydrogen-bond donors (Lipinski definition) is 1. The number of nitrogens with one attached hydrogen (secondary N) is 1. The summed E-state index contributed by atoms with van der Waals surface area (Å²) in [5.41, 5.74) is 7.03. The molecule has 0 aliphatic carbocycles. The summed E-state index contributed by atoms with van der Waals surface area (Å²) < 4.78 is 2.19. The highest BCUT2D eigenvalue weighted by Crippen LogP contribution is 2.24. The van der Waals surface area contributed by atoms with Crippen molar-refractivity contribution < 1.29 is 0 Å². The van der Waals surface area contributed by atoms with Crippen molar-refractivity contribution in [2.45, 2.75) is 13.8 Å². The van der Waals surface area contributed by atoms with Gasteiger partial charge in [0.25, 0.3) is 0 Å². The van der Waals surface area contributed by atoms with Crippen LogP contribution in [0.4, 0.5) is 0 Å². The van der Waals surface area contributed by atoms with Crippen molar-refractivity contribution in [1.82, 2.24) is 14.4 Å². The van der Waals surface area contributed by atoms with Crippen molar-refractivity contribution in [2.24, 2.45) is 0 Å². The van der Waals surface area contributed by atoms with Gasteiger partial charge in [0.2, 0.25) is 5.78 Å². The molecular weight excluding hydrogens is 222 g/mol. The molecule has 0 spiro atoms. The van der Waals surface area contributed by atoms with Gasteiger partial charge in [-0.2, -0.15) is 0 Å². The van der Waals surface area contributed by atoms with Gasteiger partial charge in [-0.1, -0.05) is 12.1 Å². The summed E-state index contributed by atoms with van der Waals surface area (Å²) in [4.78, 5) is 8.02. The van der Waals surface area contributed by atoms with Crippen LogP contribution in [-0.2, 0) is 0 Å². The zero-order chi connectivity index (χ0) is 12.3. The number of aromatic nitrogens is 3. The number of benzene rings is 2. The molecule has 1 N–H and O–H groups in total. The Kier molecular flexibility index (Phi) is 1.69. The Morgan fingerprint density at radius 2 is 1.72 bits per heavy atom. The molecule has 0 amide bonds. The second kappa shape index (κ2) is 3.13. The molecule has 0 unspecified atom stereocenters. The Labute approximate surface area is 104 Å². The van der Waals surface area contributed by atoms with Crippen LogP contribution in [0.2, 0.25) is 0 Å². The summed E-state index contributed by atoms with van der Waals surface area (Å²) in [6.45, 7) is 4.21. The van der Waals surface area contributed by atoms with Crippen molar-refractivity contribution in [3.8, 4) is 0 Å². The van der Waals surface area contributed by atoms with Crippen LogP contribution in [0.15, 0.2) is 36.4 Å². The van der Waals surface area contributed by atoms with Gasteiger partial charge in [0.05, 0.1) is 22.1 Å². The molecule has 0 atom stereocenters. The Morgan fingerprint density at radius 1 is 0.944 bits per heavy atom. The fraction of sp³-hybridized carbons (Fsp3) is 0.133. The van der Waals surface area contributed by atoms with Gasteiger partial charge >= 0.3 is 0 Å². The van der Waals surface area contributed by atoms with E-state index in [1.165, 1.54) is 16.6 Å². The average Bonchev–Trinajstić information content (AvgIpc) is 2.83. The predicted molar refractivity (Wildman–Crippen MR) is 74.0 cm³/mol. The lowest BCUT2D eigenvalue weighted by Crippen LogP contribution is -1.81. The average molecular weight is 235 g/mol. The van der Waals surface area contributed by atoms with Gasteiger partial charge in [-0.3, -0.25) is 4.40 Å². The SMILES string of the molecule is Cc1ccc2c(c1)nc1[nH]c3ccc(C)cc3n12. The summed E-state index contributed by atoms with van der Waals surface area (Å²) in [6, 6.07) is 12.8. The molecule has 0 fully saturated rings. The zero-order valence-electron chi connectivity index (χ0n) is 10.4. The molecule has 0 saturated carbocycles. The van der Waals surface area contributed by atoms with E-state index in [0.29, 0.717) is 0 Å². The second-order valence-corrected chi connectivity index (χ2v) is 4.91. The molecule has 0 radical (unpaired) electrons. The van der Waals surface area contributed by atoms with Crippen LogP contribution in [0, 0.1) is 13.8 Å². The van der Waals surface area contributed by atoms with E-state index in [4.69, 9.17) is 0 Å². The normalized spacial score (nSPS) is 11.9. The van der Waals surface area contributed by atoms with Gasteiger partial charge < -0.3 is 4.98 Å². The summed E-state index contributed by atoms with van der Waals surface area (Å²) in [5.74, 6) is 0.913. The van der Waals surface area contributed by atoms with Crippen molar-refractivity contribution in [3.05, 3.63) is 47.5 Å². The highest BCUT2D eigenvalue weighted by Gasteiger charge is 2.10. The number of rotatable bonds is 0. The molecule has 3 heteroatoms. The Bertz CT molecular complexity index is 896. The summed E-state index contributed by atoms with van der Waals surface area (Å²) >= 11 is 0. The third kappa shape index (κ3) is 1.16. The van der Waals surface area contributed by atoms with E-state index < -0.39 is 0 Å². The first-order chi connectivity index (χ1) is 8.72. The fourth-order valence-electron chi connectivity index (χ4n) is 2.57. The third-order valence-corrected chi connectivity index (χ3v) is 3.45. The van der Waals surface area contributed by atoms with Crippen LogP contribution in [0.25, 0.3) is 27.8 Å². The zero-order valence-corrected chi connectivity index (χ0v) is 10.4. The maximum Gasteiger partial charge on any atom is 0.213 e. The van der Waals surface area contributed by atoms with Gasteiger partial charge in [0, 0.05) is 0 Å². The second-order valence-electron chi connectivity index (χ2n) is 4.91. The first kappa shape index (κ1) is 9.71. The molecule has 4 aromatic rings. The standard InChI is InChI=1S/C15H13N3/c1-9-4-6-13-12(7-9)17-15-16-11-5-3-10(2)8-14(11)18(13)15/h3-8H,1-2H3,(H,16,17). The monoisotopic (exact) mass is 235 g/mol. The van der Waals surface area contributed by atoms with Crippen LogP contribution < -0.4 is 0 Å².